The minimum absolute atomic E-state index is 0.00742. The van der Waals surface area contributed by atoms with Gasteiger partial charge in [-0.05, 0) is 57.2 Å². The molecule has 1 aromatic heterocycles. The summed E-state index contributed by atoms with van der Waals surface area (Å²) in [4.78, 5) is 12.1. The quantitative estimate of drug-likeness (QED) is 0.267. The van der Waals surface area contributed by atoms with Gasteiger partial charge in [0.2, 0.25) is 6.79 Å². The van der Waals surface area contributed by atoms with Crippen molar-refractivity contribution in [3.8, 4) is 6.07 Å². The molecule has 0 N–H and O–H groups in total. The second-order valence-corrected chi connectivity index (χ2v) is 9.57. The van der Waals surface area contributed by atoms with E-state index in [0.717, 1.165) is 11.3 Å². The number of hydrogen-bond acceptors (Lipinski definition) is 5. The molecule has 0 bridgehead atoms. The van der Waals surface area contributed by atoms with Crippen molar-refractivity contribution in [3.63, 3.8) is 0 Å². The Labute approximate surface area is 185 Å². The van der Waals surface area contributed by atoms with Crippen LogP contribution in [0.5, 0.6) is 0 Å². The molecule has 2 rings (SSSR count). The molecule has 6 nitrogen and oxygen atoms in total. The number of allylic oxidation sites excluding steroid dienone is 1. The van der Waals surface area contributed by atoms with Gasteiger partial charge in [-0.2, -0.15) is 10.4 Å². The number of aryl methyl sites for hydroxylation is 2. The highest BCUT2D eigenvalue weighted by atomic mass is 16.7. The first kappa shape index (κ1) is 24.2. The summed E-state index contributed by atoms with van der Waals surface area (Å²) in [7, 11) is 0. The van der Waals surface area contributed by atoms with Crippen LogP contribution in [0.15, 0.2) is 30.3 Å². The first-order valence-corrected chi connectivity index (χ1v) is 10.5. The molecule has 0 unspecified atom stereocenters. The zero-order valence-electron chi connectivity index (χ0n) is 19.9. The molecule has 0 aliphatic heterocycles. The first-order chi connectivity index (χ1) is 14.4. The summed E-state index contributed by atoms with van der Waals surface area (Å²) in [5, 5.41) is 14.5. The summed E-state index contributed by atoms with van der Waals surface area (Å²) < 4.78 is 13.0. The van der Waals surface area contributed by atoms with Crippen molar-refractivity contribution in [1.82, 2.24) is 9.78 Å². The van der Waals surface area contributed by atoms with E-state index in [9.17, 15) is 10.1 Å². The molecule has 0 aliphatic rings. The van der Waals surface area contributed by atoms with E-state index in [4.69, 9.17) is 9.47 Å². The summed E-state index contributed by atoms with van der Waals surface area (Å²) in [6.07, 6.45) is 0. The Bertz CT molecular complexity index is 995. The van der Waals surface area contributed by atoms with E-state index in [1.165, 1.54) is 5.56 Å². The van der Waals surface area contributed by atoms with Crippen LogP contribution in [-0.4, -0.2) is 22.5 Å². The van der Waals surface area contributed by atoms with Crippen LogP contribution >= 0.6 is 0 Å². The highest BCUT2D eigenvalue weighted by Gasteiger charge is 2.24. The summed E-state index contributed by atoms with van der Waals surface area (Å²) in [6, 6.07) is 12.0. The molecule has 0 radical (unpaired) electrons. The lowest BCUT2D eigenvalue weighted by Crippen LogP contribution is -2.24. The number of rotatable bonds is 6. The minimum Gasteiger partial charge on any atom is -0.454 e. The fourth-order valence-electron chi connectivity index (χ4n) is 2.99. The third-order valence-corrected chi connectivity index (χ3v) is 4.82. The van der Waals surface area contributed by atoms with E-state index >= 15 is 0 Å². The molecule has 6 heteroatoms. The van der Waals surface area contributed by atoms with Crippen molar-refractivity contribution in [2.24, 2.45) is 5.41 Å². The van der Waals surface area contributed by atoms with Crippen LogP contribution in [0.3, 0.4) is 0 Å². The Morgan fingerprint density at radius 2 is 1.71 bits per heavy atom. The Kier molecular flexibility index (Phi) is 7.32. The zero-order chi connectivity index (χ0) is 23.4. The molecule has 166 valence electrons. The van der Waals surface area contributed by atoms with Gasteiger partial charge in [-0.15, -0.1) is 0 Å². The van der Waals surface area contributed by atoms with Crippen molar-refractivity contribution in [2.45, 2.75) is 67.3 Å². The van der Waals surface area contributed by atoms with E-state index in [0.29, 0.717) is 23.6 Å². The zero-order valence-corrected chi connectivity index (χ0v) is 19.9. The third kappa shape index (κ3) is 5.97. The summed E-state index contributed by atoms with van der Waals surface area (Å²) in [6.45, 7) is 15.9. The molecule has 0 saturated heterocycles. The van der Waals surface area contributed by atoms with Gasteiger partial charge < -0.3 is 9.47 Å². The van der Waals surface area contributed by atoms with Crippen LogP contribution in [0.2, 0.25) is 0 Å². The van der Waals surface area contributed by atoms with E-state index in [-0.39, 0.29) is 18.2 Å². The van der Waals surface area contributed by atoms with Crippen molar-refractivity contribution in [1.29, 1.82) is 5.26 Å². The molecule has 31 heavy (non-hydrogen) atoms. The Hall–Kier alpha value is -3.07. The molecule has 0 fully saturated rings. The summed E-state index contributed by atoms with van der Waals surface area (Å²) in [5.41, 5.74) is 3.11. The summed E-state index contributed by atoms with van der Waals surface area (Å²) in [5.74, 6) is -0.0322. The van der Waals surface area contributed by atoms with Crippen molar-refractivity contribution < 1.29 is 14.3 Å². The lowest BCUT2D eigenvalue weighted by Gasteiger charge is -2.20. The molecular weight excluding hydrogens is 390 g/mol. The van der Waals surface area contributed by atoms with Crippen molar-refractivity contribution in [2.75, 3.05) is 6.79 Å². The largest absolute Gasteiger partial charge is 0.454 e. The topological polar surface area (TPSA) is 77.1 Å². The van der Waals surface area contributed by atoms with Crippen molar-refractivity contribution in [3.05, 3.63) is 52.8 Å². The molecule has 1 aromatic carbocycles. The highest BCUT2D eigenvalue weighted by molar-refractivity contribution is 5.94. The van der Waals surface area contributed by atoms with Gasteiger partial charge in [0.25, 0.3) is 0 Å². The predicted molar refractivity (Wildman–Crippen MR) is 122 cm³/mol. The predicted octanol–water partition coefficient (Wildman–Crippen LogP) is 5.46. The maximum atomic E-state index is 12.1. The Balaban J connectivity index is 2.51. The molecule has 0 saturated carbocycles. The second-order valence-electron chi connectivity index (χ2n) is 9.57. The van der Waals surface area contributed by atoms with Crippen LogP contribution in [0.4, 0.5) is 0 Å². The fraction of sp³-hybridized carbons (Fsp3) is 0.480. The average molecular weight is 424 g/mol. The number of nitrogens with zero attached hydrogens (tertiary/aromatic N) is 3. The number of hydrogen-bond donors (Lipinski definition) is 0. The van der Waals surface area contributed by atoms with E-state index in [1.54, 1.807) is 25.5 Å². The second kappa shape index (κ2) is 9.38. The third-order valence-electron chi connectivity index (χ3n) is 4.82. The van der Waals surface area contributed by atoms with Crippen LogP contribution < -0.4 is 0 Å². The fourth-order valence-corrected chi connectivity index (χ4v) is 2.99. The van der Waals surface area contributed by atoms with Gasteiger partial charge in [-0.25, -0.2) is 0 Å². The van der Waals surface area contributed by atoms with Crippen molar-refractivity contribution >= 4 is 17.3 Å². The van der Waals surface area contributed by atoms with E-state index in [1.807, 2.05) is 44.2 Å². The van der Waals surface area contributed by atoms with Gasteiger partial charge in [0.15, 0.2) is 5.76 Å². The lowest BCUT2D eigenvalue weighted by molar-refractivity contribution is -0.161. The maximum Gasteiger partial charge on any atom is 0.314 e. The van der Waals surface area contributed by atoms with Gasteiger partial charge in [-0.1, -0.05) is 45.0 Å². The van der Waals surface area contributed by atoms with Crippen LogP contribution in [0.25, 0.3) is 11.3 Å². The number of esters is 1. The minimum atomic E-state index is -0.643. The van der Waals surface area contributed by atoms with Crippen LogP contribution in [0, 0.1) is 23.7 Å². The standard InChI is InChI=1S/C25H33N3O3/c1-9-28-21(14-17(2)27-28)22(30-16-31-23(29)25(6,7)8)20(15-26)18-10-12-19(13-11-18)24(3,4)5/h10-14H,9,16H2,1-8H3/b22-20-. The smallest absolute Gasteiger partial charge is 0.314 e. The number of benzene rings is 1. The van der Waals surface area contributed by atoms with Crippen LogP contribution in [0.1, 0.15) is 71.0 Å². The Morgan fingerprint density at radius 1 is 1.10 bits per heavy atom. The number of carbonyl (C=O) groups excluding carboxylic acids is 1. The average Bonchev–Trinajstić information content (AvgIpc) is 3.06. The van der Waals surface area contributed by atoms with Crippen LogP contribution in [-0.2, 0) is 26.2 Å². The number of nitriles is 1. The molecule has 1 heterocycles. The van der Waals surface area contributed by atoms with Gasteiger partial charge in [0, 0.05) is 6.54 Å². The molecule has 2 aromatic rings. The molecule has 0 atom stereocenters. The summed E-state index contributed by atoms with van der Waals surface area (Å²) >= 11 is 0. The normalized spacial score (nSPS) is 12.7. The van der Waals surface area contributed by atoms with Gasteiger partial charge >= 0.3 is 5.97 Å². The lowest BCUT2D eigenvalue weighted by atomic mass is 9.86. The molecule has 0 aliphatic carbocycles. The molecule has 0 spiro atoms. The highest BCUT2D eigenvalue weighted by Crippen LogP contribution is 2.30. The molecular formula is C25H33N3O3. The number of ether oxygens (including phenoxy) is 2. The van der Waals surface area contributed by atoms with E-state index < -0.39 is 5.41 Å². The van der Waals surface area contributed by atoms with Gasteiger partial charge in [-0.3, -0.25) is 9.48 Å². The monoisotopic (exact) mass is 423 g/mol. The molecule has 0 amide bonds. The van der Waals surface area contributed by atoms with E-state index in [2.05, 4.69) is 31.9 Å². The first-order valence-electron chi connectivity index (χ1n) is 10.5. The van der Waals surface area contributed by atoms with Gasteiger partial charge in [0.05, 0.1) is 11.1 Å². The number of aromatic nitrogens is 2. The number of carbonyl (C=O) groups is 1. The van der Waals surface area contributed by atoms with Gasteiger partial charge in [0.1, 0.15) is 17.3 Å². The SMILES string of the molecule is CCn1nc(C)cc1/C(OCOC(=O)C(C)(C)C)=C(\C#N)c1ccc(C(C)(C)C)cc1. The maximum absolute atomic E-state index is 12.1. The Morgan fingerprint density at radius 3 is 2.19 bits per heavy atom.